The summed E-state index contributed by atoms with van der Waals surface area (Å²) < 4.78 is 17.9. The van der Waals surface area contributed by atoms with Crippen LogP contribution in [0.4, 0.5) is 4.39 Å². The van der Waals surface area contributed by atoms with Gasteiger partial charge in [-0.2, -0.15) is 5.26 Å². The summed E-state index contributed by atoms with van der Waals surface area (Å²) in [5.41, 5.74) is 5.52. The predicted molar refractivity (Wildman–Crippen MR) is 45.5 cm³/mol. The molecule has 1 unspecified atom stereocenters. The topological polar surface area (TPSA) is 59.0 Å². The third kappa shape index (κ3) is 1.95. The molecule has 1 aromatic rings. The number of methoxy groups -OCH3 is 1. The van der Waals surface area contributed by atoms with E-state index >= 15 is 0 Å². The predicted octanol–water partition coefficient (Wildman–Crippen LogP) is 1.36. The molecule has 1 rings (SSSR count). The van der Waals surface area contributed by atoms with Crippen LogP contribution in [0.1, 0.15) is 11.6 Å². The van der Waals surface area contributed by atoms with Gasteiger partial charge < -0.3 is 10.5 Å². The van der Waals surface area contributed by atoms with Crippen molar-refractivity contribution in [1.82, 2.24) is 0 Å². The van der Waals surface area contributed by atoms with Gasteiger partial charge in [-0.15, -0.1) is 0 Å². The average Bonchev–Trinajstić information content (AvgIpc) is 2.17. The number of nitrogens with two attached hydrogens (primary N) is 1. The molecule has 1 aromatic carbocycles. The summed E-state index contributed by atoms with van der Waals surface area (Å²) in [6.07, 6.45) is 0. The summed E-state index contributed by atoms with van der Waals surface area (Å²) in [7, 11) is 1.47. The lowest BCUT2D eigenvalue weighted by Crippen LogP contribution is -2.09. The molecule has 3 nitrogen and oxygen atoms in total. The van der Waals surface area contributed by atoms with Gasteiger partial charge >= 0.3 is 0 Å². The standard InChI is InChI=1S/C9H9FN2O/c1-13-6-2-3-8(10)7(4-6)9(12)5-11/h2-4,9H,12H2,1H3. The number of benzene rings is 1. The lowest BCUT2D eigenvalue weighted by Gasteiger charge is -2.06. The van der Waals surface area contributed by atoms with Crippen LogP contribution in [0.25, 0.3) is 0 Å². The smallest absolute Gasteiger partial charge is 0.129 e. The van der Waals surface area contributed by atoms with Crippen LogP contribution in [0, 0.1) is 17.1 Å². The number of hydrogen-bond acceptors (Lipinski definition) is 3. The molecule has 0 saturated heterocycles. The van der Waals surface area contributed by atoms with E-state index in [9.17, 15) is 4.39 Å². The Bertz CT molecular complexity index is 346. The largest absolute Gasteiger partial charge is 0.497 e. The highest BCUT2D eigenvalue weighted by molar-refractivity contribution is 5.33. The zero-order chi connectivity index (χ0) is 9.84. The summed E-state index contributed by atoms with van der Waals surface area (Å²) in [6.45, 7) is 0. The van der Waals surface area contributed by atoms with Crippen LogP contribution in [0.15, 0.2) is 18.2 Å². The van der Waals surface area contributed by atoms with Gasteiger partial charge in [-0.3, -0.25) is 0 Å². The number of nitriles is 1. The Hall–Kier alpha value is -1.60. The molecule has 0 amide bonds. The van der Waals surface area contributed by atoms with Crippen LogP contribution in [0.5, 0.6) is 5.75 Å². The molecule has 4 heteroatoms. The van der Waals surface area contributed by atoms with Gasteiger partial charge in [-0.05, 0) is 18.2 Å². The molecule has 0 aliphatic heterocycles. The van der Waals surface area contributed by atoms with E-state index in [1.807, 2.05) is 0 Å². The second kappa shape index (κ2) is 3.87. The van der Waals surface area contributed by atoms with E-state index in [1.165, 1.54) is 25.3 Å². The molecule has 0 bridgehead atoms. The lowest BCUT2D eigenvalue weighted by atomic mass is 10.1. The van der Waals surface area contributed by atoms with Crippen LogP contribution in [-0.4, -0.2) is 7.11 Å². The molecule has 1 atom stereocenters. The first-order chi connectivity index (χ1) is 6.19. The quantitative estimate of drug-likeness (QED) is 0.747. The maximum Gasteiger partial charge on any atom is 0.129 e. The van der Waals surface area contributed by atoms with E-state index in [0.717, 1.165) is 0 Å². The molecule has 0 aromatic heterocycles. The molecule has 0 fully saturated rings. The van der Waals surface area contributed by atoms with Crippen molar-refractivity contribution in [3.8, 4) is 11.8 Å². The highest BCUT2D eigenvalue weighted by Gasteiger charge is 2.11. The Labute approximate surface area is 75.5 Å². The second-order valence-electron chi connectivity index (χ2n) is 2.49. The number of ether oxygens (including phenoxy) is 1. The average molecular weight is 180 g/mol. The highest BCUT2D eigenvalue weighted by Crippen LogP contribution is 2.20. The van der Waals surface area contributed by atoms with Crippen LogP contribution in [0.2, 0.25) is 0 Å². The first kappa shape index (κ1) is 9.49. The second-order valence-corrected chi connectivity index (χ2v) is 2.49. The highest BCUT2D eigenvalue weighted by atomic mass is 19.1. The zero-order valence-corrected chi connectivity index (χ0v) is 7.12. The first-order valence-electron chi connectivity index (χ1n) is 3.67. The van der Waals surface area contributed by atoms with E-state index in [1.54, 1.807) is 6.07 Å². The van der Waals surface area contributed by atoms with Crippen LogP contribution in [-0.2, 0) is 0 Å². The van der Waals surface area contributed by atoms with Gasteiger partial charge in [0, 0.05) is 5.56 Å². The van der Waals surface area contributed by atoms with Gasteiger partial charge in [0.25, 0.3) is 0 Å². The molecule has 2 N–H and O–H groups in total. The van der Waals surface area contributed by atoms with Crippen molar-refractivity contribution in [2.45, 2.75) is 6.04 Å². The fourth-order valence-electron chi connectivity index (χ4n) is 0.957. The molecular weight excluding hydrogens is 171 g/mol. The zero-order valence-electron chi connectivity index (χ0n) is 7.12. The summed E-state index contributed by atoms with van der Waals surface area (Å²) >= 11 is 0. The third-order valence-electron chi connectivity index (χ3n) is 1.68. The van der Waals surface area contributed by atoms with E-state index in [4.69, 9.17) is 15.7 Å². The fourth-order valence-corrected chi connectivity index (χ4v) is 0.957. The van der Waals surface area contributed by atoms with E-state index < -0.39 is 11.9 Å². The van der Waals surface area contributed by atoms with E-state index in [-0.39, 0.29) is 5.56 Å². The molecule has 68 valence electrons. The van der Waals surface area contributed by atoms with Crippen molar-refractivity contribution >= 4 is 0 Å². The Morgan fingerprint density at radius 1 is 1.62 bits per heavy atom. The Kier molecular flexibility index (Phi) is 2.83. The van der Waals surface area contributed by atoms with Gasteiger partial charge in [-0.25, -0.2) is 4.39 Å². The van der Waals surface area contributed by atoms with Crippen molar-refractivity contribution in [2.75, 3.05) is 7.11 Å². The van der Waals surface area contributed by atoms with E-state index in [0.29, 0.717) is 5.75 Å². The molecule has 0 radical (unpaired) electrons. The minimum atomic E-state index is -0.949. The SMILES string of the molecule is COc1ccc(F)c(C(N)C#N)c1. The fraction of sp³-hybridized carbons (Fsp3) is 0.222. The maximum atomic E-state index is 13.1. The molecule has 0 aliphatic rings. The van der Waals surface area contributed by atoms with Crippen molar-refractivity contribution < 1.29 is 9.13 Å². The first-order valence-corrected chi connectivity index (χ1v) is 3.67. The Morgan fingerprint density at radius 2 is 2.31 bits per heavy atom. The summed E-state index contributed by atoms with van der Waals surface area (Å²) in [5.74, 6) is -0.00282. The Morgan fingerprint density at radius 3 is 2.85 bits per heavy atom. The van der Waals surface area contributed by atoms with Crippen LogP contribution < -0.4 is 10.5 Å². The lowest BCUT2D eigenvalue weighted by molar-refractivity contribution is 0.412. The van der Waals surface area contributed by atoms with E-state index in [2.05, 4.69) is 0 Å². The number of hydrogen-bond donors (Lipinski definition) is 1. The monoisotopic (exact) mass is 180 g/mol. The number of rotatable bonds is 2. The van der Waals surface area contributed by atoms with Gasteiger partial charge in [0.05, 0.1) is 13.2 Å². The maximum absolute atomic E-state index is 13.1. The minimum Gasteiger partial charge on any atom is -0.497 e. The molecule has 0 heterocycles. The van der Waals surface area contributed by atoms with Crippen molar-refractivity contribution in [1.29, 1.82) is 5.26 Å². The Balaban J connectivity index is 3.12. The summed E-state index contributed by atoms with van der Waals surface area (Å²) in [5, 5.41) is 8.49. The molecular formula is C9H9FN2O. The summed E-state index contributed by atoms with van der Waals surface area (Å²) in [6, 6.07) is 4.93. The van der Waals surface area contributed by atoms with Crippen LogP contribution >= 0.6 is 0 Å². The van der Waals surface area contributed by atoms with Gasteiger partial charge in [-0.1, -0.05) is 0 Å². The van der Waals surface area contributed by atoms with Gasteiger partial charge in [0.1, 0.15) is 17.6 Å². The normalized spacial score (nSPS) is 11.8. The molecule has 0 saturated carbocycles. The third-order valence-corrected chi connectivity index (χ3v) is 1.68. The van der Waals surface area contributed by atoms with Crippen molar-refractivity contribution in [2.24, 2.45) is 5.73 Å². The van der Waals surface area contributed by atoms with Crippen molar-refractivity contribution in [3.63, 3.8) is 0 Å². The molecule has 0 aliphatic carbocycles. The van der Waals surface area contributed by atoms with Crippen LogP contribution in [0.3, 0.4) is 0 Å². The van der Waals surface area contributed by atoms with Gasteiger partial charge in [0.2, 0.25) is 0 Å². The number of halogens is 1. The molecule has 13 heavy (non-hydrogen) atoms. The van der Waals surface area contributed by atoms with Gasteiger partial charge in [0.15, 0.2) is 0 Å². The number of nitrogens with zero attached hydrogens (tertiary/aromatic N) is 1. The van der Waals surface area contributed by atoms with Crippen molar-refractivity contribution in [3.05, 3.63) is 29.6 Å². The summed E-state index contributed by atoms with van der Waals surface area (Å²) in [4.78, 5) is 0. The molecule has 0 spiro atoms. The minimum absolute atomic E-state index is 0.154.